The first-order valence-corrected chi connectivity index (χ1v) is 6.20. The van der Waals surface area contributed by atoms with Crippen molar-refractivity contribution in [2.45, 2.75) is 32.6 Å². The van der Waals surface area contributed by atoms with Crippen LogP contribution in [-0.4, -0.2) is 19.1 Å². The third-order valence-corrected chi connectivity index (χ3v) is 3.19. The largest absolute Gasteiger partial charge is 0.466 e. The highest BCUT2D eigenvalue weighted by atomic mass is 16.5. The Balaban J connectivity index is 1.97. The molecular weight excluding hydrogens is 214 g/mol. The maximum Gasteiger partial charge on any atom is 0.305 e. The summed E-state index contributed by atoms with van der Waals surface area (Å²) >= 11 is 0. The Kier molecular flexibility index (Phi) is 3.67. The van der Waals surface area contributed by atoms with Crippen LogP contribution < -0.4 is 5.32 Å². The average Bonchev–Trinajstić information content (AvgIpc) is 2.69. The van der Waals surface area contributed by atoms with E-state index in [0.717, 1.165) is 13.0 Å². The minimum atomic E-state index is -0.0893. The molecule has 92 valence electrons. The van der Waals surface area contributed by atoms with Crippen molar-refractivity contribution in [1.82, 2.24) is 0 Å². The molecule has 3 nitrogen and oxygen atoms in total. The topological polar surface area (TPSA) is 38.3 Å². The molecule has 1 N–H and O–H groups in total. The van der Waals surface area contributed by atoms with E-state index in [9.17, 15) is 4.79 Å². The highest BCUT2D eigenvalue weighted by Crippen LogP contribution is 2.34. The molecule has 0 saturated carbocycles. The van der Waals surface area contributed by atoms with Gasteiger partial charge in [0.1, 0.15) is 0 Å². The Morgan fingerprint density at radius 3 is 3.12 bits per heavy atom. The van der Waals surface area contributed by atoms with Gasteiger partial charge in [0.2, 0.25) is 0 Å². The molecular formula is C14H19NO2. The van der Waals surface area contributed by atoms with Gasteiger partial charge in [0.25, 0.3) is 0 Å². The van der Waals surface area contributed by atoms with Crippen molar-refractivity contribution in [3.05, 3.63) is 29.3 Å². The standard InChI is InChI=1S/C14H19NO2/c1-3-17-14(16)7-5-11-9-15-13-6-4-10(2)8-12(11)13/h4,6,8,11,15H,3,5,7,9H2,1-2H3. The smallest absolute Gasteiger partial charge is 0.305 e. The van der Waals surface area contributed by atoms with E-state index in [1.807, 2.05) is 6.92 Å². The molecule has 1 aliphatic rings. The third-order valence-electron chi connectivity index (χ3n) is 3.19. The average molecular weight is 233 g/mol. The van der Waals surface area contributed by atoms with Crippen molar-refractivity contribution in [3.8, 4) is 0 Å². The molecule has 1 atom stereocenters. The van der Waals surface area contributed by atoms with E-state index in [1.165, 1.54) is 16.8 Å². The molecule has 0 fully saturated rings. The molecule has 0 aliphatic carbocycles. The minimum absolute atomic E-state index is 0.0893. The van der Waals surface area contributed by atoms with Crippen LogP contribution >= 0.6 is 0 Å². The highest BCUT2D eigenvalue weighted by molar-refractivity contribution is 5.69. The molecule has 2 rings (SSSR count). The zero-order chi connectivity index (χ0) is 12.3. The Labute approximate surface area is 102 Å². The summed E-state index contributed by atoms with van der Waals surface area (Å²) in [5.41, 5.74) is 3.83. The van der Waals surface area contributed by atoms with Gasteiger partial charge in [0, 0.05) is 24.6 Å². The van der Waals surface area contributed by atoms with Gasteiger partial charge in [-0.05, 0) is 31.9 Å². The number of ether oxygens (including phenoxy) is 1. The zero-order valence-corrected chi connectivity index (χ0v) is 10.5. The Morgan fingerprint density at radius 1 is 1.53 bits per heavy atom. The number of hydrogen-bond acceptors (Lipinski definition) is 3. The van der Waals surface area contributed by atoms with E-state index in [1.54, 1.807) is 0 Å². The number of carbonyl (C=O) groups excluding carboxylic acids is 1. The lowest BCUT2D eigenvalue weighted by Gasteiger charge is -2.10. The lowest BCUT2D eigenvalue weighted by molar-refractivity contribution is -0.143. The molecule has 1 aliphatic heterocycles. The summed E-state index contributed by atoms with van der Waals surface area (Å²) in [6.07, 6.45) is 1.37. The van der Waals surface area contributed by atoms with Crippen LogP contribution in [0.15, 0.2) is 18.2 Å². The first-order valence-electron chi connectivity index (χ1n) is 6.20. The van der Waals surface area contributed by atoms with Crippen molar-refractivity contribution in [2.24, 2.45) is 0 Å². The van der Waals surface area contributed by atoms with Gasteiger partial charge in [-0.2, -0.15) is 0 Å². The van der Waals surface area contributed by atoms with Crippen molar-refractivity contribution >= 4 is 11.7 Å². The Morgan fingerprint density at radius 2 is 2.35 bits per heavy atom. The maximum absolute atomic E-state index is 11.3. The molecule has 1 unspecified atom stereocenters. The molecule has 0 saturated heterocycles. The van der Waals surface area contributed by atoms with Crippen LogP contribution in [0.1, 0.15) is 36.8 Å². The number of hydrogen-bond donors (Lipinski definition) is 1. The van der Waals surface area contributed by atoms with E-state index < -0.39 is 0 Å². The van der Waals surface area contributed by atoms with Gasteiger partial charge in [-0.25, -0.2) is 0 Å². The Hall–Kier alpha value is -1.51. The molecule has 0 bridgehead atoms. The number of nitrogens with one attached hydrogen (secondary N) is 1. The summed E-state index contributed by atoms with van der Waals surface area (Å²) in [7, 11) is 0. The number of rotatable bonds is 4. The fraction of sp³-hybridized carbons (Fsp3) is 0.500. The first kappa shape index (κ1) is 12.0. The fourth-order valence-electron chi connectivity index (χ4n) is 2.31. The highest BCUT2D eigenvalue weighted by Gasteiger charge is 2.22. The summed E-state index contributed by atoms with van der Waals surface area (Å²) in [4.78, 5) is 11.3. The second-order valence-electron chi connectivity index (χ2n) is 4.51. The number of carbonyl (C=O) groups is 1. The van der Waals surface area contributed by atoms with Crippen LogP contribution in [0, 0.1) is 6.92 Å². The number of benzene rings is 1. The number of fused-ring (bicyclic) bond motifs is 1. The second-order valence-corrected chi connectivity index (χ2v) is 4.51. The van der Waals surface area contributed by atoms with Crippen LogP contribution in [0.4, 0.5) is 5.69 Å². The third kappa shape index (κ3) is 2.78. The van der Waals surface area contributed by atoms with Gasteiger partial charge in [0.05, 0.1) is 6.61 Å². The van der Waals surface area contributed by atoms with Gasteiger partial charge in [-0.15, -0.1) is 0 Å². The number of esters is 1. The van der Waals surface area contributed by atoms with Crippen LogP contribution in [0.25, 0.3) is 0 Å². The summed E-state index contributed by atoms with van der Waals surface area (Å²) in [6, 6.07) is 6.44. The van der Waals surface area contributed by atoms with Crippen molar-refractivity contribution in [1.29, 1.82) is 0 Å². The SMILES string of the molecule is CCOC(=O)CCC1CNc2ccc(C)cc21. The molecule has 0 aromatic heterocycles. The summed E-state index contributed by atoms with van der Waals surface area (Å²) in [5.74, 6) is 0.350. The van der Waals surface area contributed by atoms with Gasteiger partial charge in [-0.3, -0.25) is 4.79 Å². The van der Waals surface area contributed by atoms with Gasteiger partial charge in [-0.1, -0.05) is 17.7 Å². The quantitative estimate of drug-likeness (QED) is 0.813. The summed E-state index contributed by atoms with van der Waals surface area (Å²) < 4.78 is 4.95. The van der Waals surface area contributed by atoms with Crippen LogP contribution in [0.2, 0.25) is 0 Å². The molecule has 17 heavy (non-hydrogen) atoms. The summed E-state index contributed by atoms with van der Waals surface area (Å²) in [6.45, 7) is 5.34. The van der Waals surface area contributed by atoms with Gasteiger partial charge >= 0.3 is 5.97 Å². The number of anilines is 1. The Bertz CT molecular complexity index is 415. The van der Waals surface area contributed by atoms with Crippen molar-refractivity contribution in [3.63, 3.8) is 0 Å². The zero-order valence-electron chi connectivity index (χ0n) is 10.5. The van der Waals surface area contributed by atoms with Crippen LogP contribution in [0.5, 0.6) is 0 Å². The molecule has 3 heteroatoms. The van der Waals surface area contributed by atoms with E-state index in [0.29, 0.717) is 18.9 Å². The molecule has 1 aromatic carbocycles. The van der Waals surface area contributed by atoms with Crippen LogP contribution in [-0.2, 0) is 9.53 Å². The van der Waals surface area contributed by atoms with E-state index in [-0.39, 0.29) is 5.97 Å². The minimum Gasteiger partial charge on any atom is -0.466 e. The predicted octanol–water partition coefficient (Wildman–Crippen LogP) is 2.85. The fourth-order valence-corrected chi connectivity index (χ4v) is 2.31. The van der Waals surface area contributed by atoms with Crippen LogP contribution in [0.3, 0.4) is 0 Å². The van der Waals surface area contributed by atoms with E-state index in [2.05, 4.69) is 30.4 Å². The second kappa shape index (κ2) is 5.21. The van der Waals surface area contributed by atoms with E-state index >= 15 is 0 Å². The van der Waals surface area contributed by atoms with Gasteiger partial charge < -0.3 is 10.1 Å². The maximum atomic E-state index is 11.3. The molecule has 1 heterocycles. The van der Waals surface area contributed by atoms with Gasteiger partial charge in [0.15, 0.2) is 0 Å². The lowest BCUT2D eigenvalue weighted by atomic mass is 9.95. The monoisotopic (exact) mass is 233 g/mol. The normalized spacial score (nSPS) is 17.4. The lowest BCUT2D eigenvalue weighted by Crippen LogP contribution is -2.08. The van der Waals surface area contributed by atoms with Crippen molar-refractivity contribution < 1.29 is 9.53 Å². The molecule has 0 spiro atoms. The molecule has 0 amide bonds. The van der Waals surface area contributed by atoms with Crippen molar-refractivity contribution in [2.75, 3.05) is 18.5 Å². The first-order chi connectivity index (χ1) is 8.20. The van der Waals surface area contributed by atoms with E-state index in [4.69, 9.17) is 4.74 Å². The summed E-state index contributed by atoms with van der Waals surface area (Å²) in [5, 5.41) is 3.38. The molecule has 0 radical (unpaired) electrons. The number of aryl methyl sites for hydroxylation is 1. The molecule has 1 aromatic rings. The predicted molar refractivity (Wildman–Crippen MR) is 68.3 cm³/mol.